The van der Waals surface area contributed by atoms with E-state index < -0.39 is 5.72 Å². The van der Waals surface area contributed by atoms with Crippen molar-refractivity contribution >= 4 is 29.5 Å². The molecule has 0 aliphatic carbocycles. The number of rotatable bonds is 11. The van der Waals surface area contributed by atoms with Crippen LogP contribution in [0.15, 0.2) is 39.4 Å². The summed E-state index contributed by atoms with van der Waals surface area (Å²) in [6.45, 7) is 19.1. The number of benzene rings is 1. The minimum Gasteiger partial charge on any atom is -0.465 e. The molecule has 31 heavy (non-hydrogen) atoms. The highest BCUT2D eigenvalue weighted by molar-refractivity contribution is 8.00. The summed E-state index contributed by atoms with van der Waals surface area (Å²) in [6, 6.07) is 7.99. The molecule has 0 amide bonds. The third kappa shape index (κ3) is 13.7. The first-order valence-corrected chi connectivity index (χ1v) is 12.7. The Bertz CT molecular complexity index is 707. The van der Waals surface area contributed by atoms with Crippen LogP contribution in [-0.4, -0.2) is 39.6 Å². The van der Waals surface area contributed by atoms with Gasteiger partial charge in [-0.05, 0) is 57.2 Å². The highest BCUT2D eigenvalue weighted by atomic mass is 32.2. The van der Waals surface area contributed by atoms with E-state index in [0.717, 1.165) is 5.75 Å². The molecule has 0 heterocycles. The molecule has 5 nitrogen and oxygen atoms in total. The van der Waals surface area contributed by atoms with Crippen LogP contribution >= 0.6 is 23.5 Å². The molecule has 0 aromatic heterocycles. The van der Waals surface area contributed by atoms with E-state index in [1.165, 1.54) is 4.90 Å². The molecule has 0 aliphatic rings. The summed E-state index contributed by atoms with van der Waals surface area (Å²) in [5.74, 6) is 1.28. The van der Waals surface area contributed by atoms with Gasteiger partial charge in [0.05, 0.1) is 12.0 Å². The highest BCUT2D eigenvalue weighted by Gasteiger charge is 2.29. The van der Waals surface area contributed by atoms with Crippen molar-refractivity contribution in [3.63, 3.8) is 0 Å². The predicted octanol–water partition coefficient (Wildman–Crippen LogP) is 7.39. The summed E-state index contributed by atoms with van der Waals surface area (Å²) in [5.41, 5.74) is -1.27. The van der Waals surface area contributed by atoms with Gasteiger partial charge in [0.15, 0.2) is 0 Å². The summed E-state index contributed by atoms with van der Waals surface area (Å²) in [5, 5.41) is 9.41. The van der Waals surface area contributed by atoms with Crippen LogP contribution < -0.4 is 4.74 Å². The van der Waals surface area contributed by atoms with Crippen LogP contribution in [0.25, 0.3) is 0 Å². The monoisotopic (exact) mass is 468 g/mol. The Labute approximate surface area is 197 Å². The summed E-state index contributed by atoms with van der Waals surface area (Å²) in [7, 11) is 0. The lowest BCUT2D eigenvalue weighted by atomic mass is 10.1. The molecule has 1 rings (SSSR count). The van der Waals surface area contributed by atoms with Gasteiger partial charge in [-0.15, -0.1) is 16.9 Å². The first-order valence-electron chi connectivity index (χ1n) is 10.9. The average molecular weight is 469 g/mol. The summed E-state index contributed by atoms with van der Waals surface area (Å²) < 4.78 is 11.7. The fourth-order valence-corrected chi connectivity index (χ4v) is 4.04. The smallest absolute Gasteiger partial charge is 0.306 e. The van der Waals surface area contributed by atoms with Crippen molar-refractivity contribution in [2.75, 3.05) is 12.4 Å². The van der Waals surface area contributed by atoms with Crippen LogP contribution in [0.1, 0.15) is 75.2 Å². The molecule has 0 fully saturated rings. The van der Waals surface area contributed by atoms with Crippen LogP contribution in [0.3, 0.4) is 0 Å². The molecule has 1 aromatic rings. The van der Waals surface area contributed by atoms with E-state index in [2.05, 4.69) is 44.8 Å². The van der Waals surface area contributed by atoms with Crippen LogP contribution in [-0.2, 0) is 9.53 Å². The zero-order valence-electron chi connectivity index (χ0n) is 20.7. The van der Waals surface area contributed by atoms with E-state index in [4.69, 9.17) is 9.47 Å². The molecule has 0 saturated carbocycles. The van der Waals surface area contributed by atoms with Gasteiger partial charge in [-0.1, -0.05) is 34.6 Å². The van der Waals surface area contributed by atoms with Crippen molar-refractivity contribution < 1.29 is 14.3 Å². The lowest BCUT2D eigenvalue weighted by molar-refractivity contribution is -0.144. The Morgan fingerprint density at radius 2 is 1.61 bits per heavy atom. The lowest BCUT2D eigenvalue weighted by Crippen LogP contribution is -2.31. The molecule has 0 radical (unpaired) electrons. The number of hydrogen-bond donors (Lipinski definition) is 0. The first-order chi connectivity index (χ1) is 14.2. The molecule has 0 N–H and O–H groups in total. The Kier molecular flexibility index (Phi) is 10.9. The predicted molar refractivity (Wildman–Crippen MR) is 133 cm³/mol. The fraction of sp³-hybridized carbons (Fsp3) is 0.708. The molecule has 1 atom stereocenters. The van der Waals surface area contributed by atoms with Crippen molar-refractivity contribution in [2.45, 2.75) is 101 Å². The van der Waals surface area contributed by atoms with Crippen LogP contribution in [0.5, 0.6) is 5.75 Å². The van der Waals surface area contributed by atoms with Gasteiger partial charge in [-0.2, -0.15) is 16.9 Å². The van der Waals surface area contributed by atoms with E-state index in [9.17, 15) is 4.79 Å². The summed E-state index contributed by atoms with van der Waals surface area (Å²) in [4.78, 5) is 13.4. The van der Waals surface area contributed by atoms with E-state index >= 15 is 0 Å². The van der Waals surface area contributed by atoms with Crippen molar-refractivity contribution in [1.82, 2.24) is 0 Å². The van der Waals surface area contributed by atoms with Crippen molar-refractivity contribution in [1.29, 1.82) is 0 Å². The van der Waals surface area contributed by atoms with Gasteiger partial charge in [0.25, 0.3) is 0 Å². The van der Waals surface area contributed by atoms with Gasteiger partial charge in [0, 0.05) is 21.8 Å². The van der Waals surface area contributed by atoms with Crippen LogP contribution in [0.2, 0.25) is 0 Å². The largest absolute Gasteiger partial charge is 0.465 e. The van der Waals surface area contributed by atoms with E-state index in [1.807, 2.05) is 52.0 Å². The Balaban J connectivity index is 2.79. The number of thioether (sulfide) groups is 2. The highest BCUT2D eigenvalue weighted by Crippen LogP contribution is 2.34. The molecule has 1 unspecified atom stereocenters. The molecule has 0 bridgehead atoms. The van der Waals surface area contributed by atoms with E-state index in [0.29, 0.717) is 24.0 Å². The summed E-state index contributed by atoms with van der Waals surface area (Å²) >= 11 is 3.58. The topological polar surface area (TPSA) is 60.2 Å². The minimum absolute atomic E-state index is 0.145. The minimum atomic E-state index is -0.947. The van der Waals surface area contributed by atoms with Crippen molar-refractivity contribution in [2.24, 2.45) is 10.2 Å². The van der Waals surface area contributed by atoms with E-state index in [1.54, 1.807) is 23.5 Å². The zero-order chi connectivity index (χ0) is 23.7. The summed E-state index contributed by atoms with van der Waals surface area (Å²) in [6.07, 6.45) is 0.616. The van der Waals surface area contributed by atoms with Gasteiger partial charge < -0.3 is 9.47 Å². The second kappa shape index (κ2) is 12.1. The normalized spacial score (nSPS) is 14.6. The Morgan fingerprint density at radius 1 is 1.00 bits per heavy atom. The van der Waals surface area contributed by atoms with Gasteiger partial charge in [-0.3, -0.25) is 4.79 Å². The second-order valence-corrected chi connectivity index (χ2v) is 13.6. The average Bonchev–Trinajstić information content (AvgIpc) is 2.62. The van der Waals surface area contributed by atoms with Gasteiger partial charge in [-0.25, -0.2) is 0 Å². The van der Waals surface area contributed by atoms with Crippen LogP contribution in [0.4, 0.5) is 0 Å². The maximum absolute atomic E-state index is 12.2. The third-order valence-electron chi connectivity index (χ3n) is 3.74. The maximum atomic E-state index is 12.2. The molecule has 176 valence electrons. The molecule has 0 aliphatic heterocycles. The molecule has 1 aromatic carbocycles. The number of nitrogens with zero attached hydrogens (tertiary/aromatic N) is 2. The van der Waals surface area contributed by atoms with Crippen molar-refractivity contribution in [3.8, 4) is 5.75 Å². The first kappa shape index (κ1) is 27.8. The molecular weight excluding hydrogens is 428 g/mol. The molecule has 0 spiro atoms. The van der Waals surface area contributed by atoms with E-state index in [-0.39, 0.29) is 22.7 Å². The third-order valence-corrected chi connectivity index (χ3v) is 5.93. The number of ether oxygens (including phenoxy) is 2. The number of hydrogen-bond acceptors (Lipinski definition) is 7. The zero-order valence-corrected chi connectivity index (χ0v) is 22.3. The molecule has 7 heteroatoms. The van der Waals surface area contributed by atoms with Crippen LogP contribution in [0, 0.1) is 0 Å². The number of esters is 1. The van der Waals surface area contributed by atoms with Gasteiger partial charge in [0.1, 0.15) is 12.4 Å². The molecule has 0 saturated heterocycles. The quantitative estimate of drug-likeness (QED) is 0.147. The van der Waals surface area contributed by atoms with Gasteiger partial charge >= 0.3 is 5.97 Å². The lowest BCUT2D eigenvalue weighted by Gasteiger charge is -2.27. The molecular formula is C24H40N2O3S2. The van der Waals surface area contributed by atoms with Gasteiger partial charge in [0.2, 0.25) is 5.72 Å². The maximum Gasteiger partial charge on any atom is 0.306 e. The number of azo groups is 1. The fourth-order valence-electron chi connectivity index (χ4n) is 2.41. The standard InChI is InChI=1S/C24H40N2O3S2/c1-18(2)30-17-16-28-21(27)14-15-24(9,26-25-22(3,4)5)29-19-10-12-20(13-11-19)31-23(6,7)8/h10-13,18H,14-17H2,1-9H3/b26-25+. The van der Waals surface area contributed by atoms with Crippen molar-refractivity contribution in [3.05, 3.63) is 24.3 Å². The number of carbonyl (C=O) groups is 1. The Morgan fingerprint density at radius 3 is 2.13 bits per heavy atom. The SMILES string of the molecule is CC(C)SCCOC(=O)CCC(C)(/N=N/C(C)(C)C)Oc1ccc(SC(C)(C)C)cc1. The second-order valence-electron chi connectivity index (χ2n) is 9.97. The number of carbonyl (C=O) groups excluding carboxylic acids is 1. The Hall–Kier alpha value is -1.21.